The smallest absolute Gasteiger partial charge is 0.489 e. The Bertz CT molecular complexity index is 664. The number of benzene rings is 2. The second-order valence-electron chi connectivity index (χ2n) is 5.77. The van der Waals surface area contributed by atoms with Gasteiger partial charge in [-0.05, 0) is 34.7 Å². The lowest BCUT2D eigenvalue weighted by Crippen LogP contribution is -2.18. The minimum Gasteiger partial charge on any atom is -0.489 e. The van der Waals surface area contributed by atoms with Gasteiger partial charge in [0.2, 0.25) is 0 Å². The van der Waals surface area contributed by atoms with Crippen molar-refractivity contribution in [1.82, 2.24) is 0 Å². The number of aliphatic hydroxyl groups is 1. The lowest BCUT2D eigenvalue weighted by atomic mass is 10.0. The van der Waals surface area contributed by atoms with Crippen molar-refractivity contribution in [3.05, 3.63) is 48.0 Å². The van der Waals surface area contributed by atoms with E-state index in [9.17, 15) is 13.2 Å². The SMILES string of the molecule is CC(C)COc1ccc(-c2ccc(CO)cc2)cc1OC(F)(F)F. The van der Waals surface area contributed by atoms with E-state index in [-0.39, 0.29) is 24.0 Å². The van der Waals surface area contributed by atoms with Crippen molar-refractivity contribution in [3.63, 3.8) is 0 Å². The van der Waals surface area contributed by atoms with Crippen LogP contribution < -0.4 is 9.47 Å². The first-order chi connectivity index (χ1) is 11.3. The van der Waals surface area contributed by atoms with Crippen molar-refractivity contribution in [3.8, 4) is 22.6 Å². The van der Waals surface area contributed by atoms with E-state index in [0.29, 0.717) is 12.2 Å². The van der Waals surface area contributed by atoms with Crippen molar-refractivity contribution in [2.75, 3.05) is 6.61 Å². The molecule has 0 bridgehead atoms. The molecule has 0 spiro atoms. The lowest BCUT2D eigenvalue weighted by Gasteiger charge is -2.16. The number of alkyl halides is 3. The predicted molar refractivity (Wildman–Crippen MR) is 84.8 cm³/mol. The van der Waals surface area contributed by atoms with Crippen LogP contribution in [0.4, 0.5) is 13.2 Å². The van der Waals surface area contributed by atoms with Crippen molar-refractivity contribution in [2.45, 2.75) is 26.8 Å². The fourth-order valence-electron chi connectivity index (χ4n) is 2.07. The highest BCUT2D eigenvalue weighted by molar-refractivity contribution is 5.67. The summed E-state index contributed by atoms with van der Waals surface area (Å²) in [5.41, 5.74) is 2.01. The fourth-order valence-corrected chi connectivity index (χ4v) is 2.07. The Balaban J connectivity index is 2.34. The minimum absolute atomic E-state index is 0.0525. The van der Waals surface area contributed by atoms with E-state index in [0.717, 1.165) is 11.1 Å². The molecule has 0 aliphatic heterocycles. The van der Waals surface area contributed by atoms with E-state index in [2.05, 4.69) is 4.74 Å². The maximum Gasteiger partial charge on any atom is 0.573 e. The summed E-state index contributed by atoms with van der Waals surface area (Å²) in [6, 6.07) is 11.3. The average Bonchev–Trinajstić information content (AvgIpc) is 2.52. The minimum atomic E-state index is -4.80. The summed E-state index contributed by atoms with van der Waals surface area (Å²) in [4.78, 5) is 0. The van der Waals surface area contributed by atoms with Crippen molar-refractivity contribution < 1.29 is 27.8 Å². The van der Waals surface area contributed by atoms with Gasteiger partial charge in [0, 0.05) is 0 Å². The highest BCUT2D eigenvalue weighted by Crippen LogP contribution is 2.36. The average molecular weight is 340 g/mol. The number of ether oxygens (including phenoxy) is 2. The van der Waals surface area contributed by atoms with E-state index in [1.165, 1.54) is 12.1 Å². The summed E-state index contributed by atoms with van der Waals surface area (Å²) in [7, 11) is 0. The van der Waals surface area contributed by atoms with Crippen LogP contribution in [0.2, 0.25) is 0 Å². The molecule has 2 rings (SSSR count). The number of halogens is 3. The Morgan fingerprint density at radius 3 is 2.12 bits per heavy atom. The molecule has 1 N–H and O–H groups in total. The van der Waals surface area contributed by atoms with Crippen molar-refractivity contribution in [2.24, 2.45) is 5.92 Å². The molecule has 6 heteroatoms. The third-order valence-corrected chi connectivity index (χ3v) is 3.21. The Morgan fingerprint density at radius 1 is 0.958 bits per heavy atom. The molecule has 0 aliphatic carbocycles. The van der Waals surface area contributed by atoms with E-state index < -0.39 is 6.36 Å². The van der Waals surface area contributed by atoms with Gasteiger partial charge in [0.25, 0.3) is 0 Å². The zero-order chi connectivity index (χ0) is 17.7. The van der Waals surface area contributed by atoms with Crippen LogP contribution in [-0.4, -0.2) is 18.1 Å². The van der Waals surface area contributed by atoms with Crippen LogP contribution in [0.15, 0.2) is 42.5 Å². The van der Waals surface area contributed by atoms with Crippen LogP contribution in [0, 0.1) is 5.92 Å². The van der Waals surface area contributed by atoms with Gasteiger partial charge in [-0.3, -0.25) is 0 Å². The molecule has 0 fully saturated rings. The van der Waals surface area contributed by atoms with Crippen LogP contribution in [0.5, 0.6) is 11.5 Å². The molecule has 0 saturated carbocycles. The maximum absolute atomic E-state index is 12.6. The summed E-state index contributed by atoms with van der Waals surface area (Å²) in [5.74, 6) is -0.141. The number of hydrogen-bond acceptors (Lipinski definition) is 3. The molecule has 0 heterocycles. The highest BCUT2D eigenvalue weighted by Gasteiger charge is 2.32. The molecule has 130 valence electrons. The first kappa shape index (κ1) is 18.1. The summed E-state index contributed by atoms with van der Waals surface area (Å²) in [6.45, 7) is 4.01. The normalized spacial score (nSPS) is 11.6. The quantitative estimate of drug-likeness (QED) is 0.822. The molecule has 0 aliphatic rings. The Morgan fingerprint density at radius 2 is 1.58 bits per heavy atom. The molecule has 2 aromatic rings. The third-order valence-electron chi connectivity index (χ3n) is 3.21. The zero-order valence-electron chi connectivity index (χ0n) is 13.4. The van der Waals surface area contributed by atoms with Gasteiger partial charge in [-0.15, -0.1) is 13.2 Å². The summed E-state index contributed by atoms with van der Waals surface area (Å²) < 4.78 is 47.5. The topological polar surface area (TPSA) is 38.7 Å². The molecular weight excluding hydrogens is 321 g/mol. The van der Waals surface area contributed by atoms with Gasteiger partial charge in [-0.1, -0.05) is 44.2 Å². The Labute approximate surface area is 138 Å². The van der Waals surface area contributed by atoms with Crippen LogP contribution in [-0.2, 0) is 6.61 Å². The van der Waals surface area contributed by atoms with Crippen LogP contribution >= 0.6 is 0 Å². The van der Waals surface area contributed by atoms with Crippen LogP contribution in [0.3, 0.4) is 0 Å². The molecule has 0 unspecified atom stereocenters. The largest absolute Gasteiger partial charge is 0.573 e. The molecule has 0 atom stereocenters. The summed E-state index contributed by atoms with van der Waals surface area (Å²) in [5, 5.41) is 9.05. The second-order valence-corrected chi connectivity index (χ2v) is 5.77. The second kappa shape index (κ2) is 7.57. The van der Waals surface area contributed by atoms with Gasteiger partial charge >= 0.3 is 6.36 Å². The Kier molecular flexibility index (Phi) is 5.72. The first-order valence-corrected chi connectivity index (χ1v) is 7.51. The highest BCUT2D eigenvalue weighted by atomic mass is 19.4. The maximum atomic E-state index is 12.6. The van der Waals surface area contributed by atoms with Crippen LogP contribution in [0.25, 0.3) is 11.1 Å². The van der Waals surface area contributed by atoms with Crippen molar-refractivity contribution in [1.29, 1.82) is 0 Å². The van der Waals surface area contributed by atoms with Gasteiger partial charge in [0.1, 0.15) is 0 Å². The predicted octanol–water partition coefficient (Wildman–Crippen LogP) is 4.78. The monoisotopic (exact) mass is 340 g/mol. The molecule has 0 aromatic heterocycles. The third kappa shape index (κ3) is 5.16. The number of hydrogen-bond donors (Lipinski definition) is 1. The van der Waals surface area contributed by atoms with Crippen molar-refractivity contribution >= 4 is 0 Å². The molecule has 0 radical (unpaired) electrons. The zero-order valence-corrected chi connectivity index (χ0v) is 13.4. The summed E-state index contributed by atoms with van der Waals surface area (Å²) in [6.07, 6.45) is -4.80. The molecular formula is C18H19F3O3. The van der Waals surface area contributed by atoms with E-state index in [1.807, 2.05) is 13.8 Å². The van der Waals surface area contributed by atoms with E-state index in [1.54, 1.807) is 30.3 Å². The van der Waals surface area contributed by atoms with Gasteiger partial charge in [0.15, 0.2) is 11.5 Å². The van der Waals surface area contributed by atoms with E-state index >= 15 is 0 Å². The Hall–Kier alpha value is -2.21. The van der Waals surface area contributed by atoms with Crippen LogP contribution in [0.1, 0.15) is 19.4 Å². The first-order valence-electron chi connectivity index (χ1n) is 7.51. The standard InChI is InChI=1S/C18H19F3O3/c1-12(2)11-23-16-8-7-15(9-17(16)24-18(19,20)21)14-5-3-13(10-22)4-6-14/h3-9,12,22H,10-11H2,1-2H3. The molecule has 2 aromatic carbocycles. The molecule has 3 nitrogen and oxygen atoms in total. The molecule has 0 amide bonds. The van der Waals surface area contributed by atoms with Gasteiger partial charge in [-0.25, -0.2) is 0 Å². The van der Waals surface area contributed by atoms with Gasteiger partial charge in [-0.2, -0.15) is 0 Å². The van der Waals surface area contributed by atoms with Gasteiger partial charge in [0.05, 0.1) is 13.2 Å². The lowest BCUT2D eigenvalue weighted by molar-refractivity contribution is -0.275. The number of rotatable bonds is 6. The summed E-state index contributed by atoms with van der Waals surface area (Å²) >= 11 is 0. The molecule has 0 saturated heterocycles. The van der Waals surface area contributed by atoms with E-state index in [4.69, 9.17) is 9.84 Å². The molecule has 24 heavy (non-hydrogen) atoms. The van der Waals surface area contributed by atoms with Gasteiger partial charge < -0.3 is 14.6 Å². The number of aliphatic hydroxyl groups excluding tert-OH is 1. The fraction of sp³-hybridized carbons (Fsp3) is 0.333.